The molecular weight excluding hydrogens is 478 g/mol. The minimum atomic E-state index is 0.657. The number of imidazole rings is 1. The Kier molecular flexibility index (Phi) is 6.09. The van der Waals surface area contributed by atoms with Gasteiger partial charge in [0, 0.05) is 43.0 Å². The van der Waals surface area contributed by atoms with Gasteiger partial charge in [0.15, 0.2) is 11.6 Å². The van der Waals surface area contributed by atoms with E-state index >= 15 is 0 Å². The third-order valence-corrected chi connectivity index (χ3v) is 7.59. The number of pyridine rings is 3. The Hall–Kier alpha value is -4.05. The third kappa shape index (κ3) is 4.45. The Morgan fingerprint density at radius 2 is 1.76 bits per heavy atom. The van der Waals surface area contributed by atoms with E-state index in [1.807, 2.05) is 36.8 Å². The van der Waals surface area contributed by atoms with Gasteiger partial charge in [0.25, 0.3) is 0 Å². The number of aromatic nitrogens is 7. The first-order valence-corrected chi connectivity index (χ1v) is 13.6. The SMILES string of the molecule is c1cc2[nH]c(-c3n[nH]c4cnc(-c5cncc(OCCN6CCCC6)c5)cc34)nc2c(N2CCCCC2)n1. The van der Waals surface area contributed by atoms with Crippen molar-refractivity contribution in [2.24, 2.45) is 0 Å². The van der Waals surface area contributed by atoms with Crippen molar-refractivity contribution < 1.29 is 4.74 Å². The summed E-state index contributed by atoms with van der Waals surface area (Å²) in [6, 6.07) is 6.01. The summed E-state index contributed by atoms with van der Waals surface area (Å²) in [5, 5.41) is 8.65. The van der Waals surface area contributed by atoms with Crippen molar-refractivity contribution in [1.29, 1.82) is 0 Å². The van der Waals surface area contributed by atoms with Crippen molar-refractivity contribution in [3.05, 3.63) is 43.0 Å². The lowest BCUT2D eigenvalue weighted by atomic mass is 10.1. The fourth-order valence-electron chi connectivity index (χ4n) is 5.56. The molecule has 10 nitrogen and oxygen atoms in total. The lowest BCUT2D eigenvalue weighted by Gasteiger charge is -2.27. The van der Waals surface area contributed by atoms with E-state index in [9.17, 15) is 0 Å². The summed E-state index contributed by atoms with van der Waals surface area (Å²) in [4.78, 5) is 27.0. The second-order valence-corrected chi connectivity index (χ2v) is 10.2. The van der Waals surface area contributed by atoms with Crippen LogP contribution in [0.1, 0.15) is 32.1 Å². The smallest absolute Gasteiger partial charge is 0.159 e. The van der Waals surface area contributed by atoms with Gasteiger partial charge in [0.05, 0.1) is 29.1 Å². The number of likely N-dealkylation sites (tertiary alicyclic amines) is 1. The number of H-pyrrole nitrogens is 2. The number of nitrogens with zero attached hydrogens (tertiary/aromatic N) is 7. The summed E-state index contributed by atoms with van der Waals surface area (Å²) in [6.45, 7) is 5.97. The summed E-state index contributed by atoms with van der Waals surface area (Å²) in [5.41, 5.74) is 5.17. The van der Waals surface area contributed by atoms with Crippen LogP contribution < -0.4 is 9.64 Å². The summed E-state index contributed by atoms with van der Waals surface area (Å²) in [5.74, 6) is 2.41. The van der Waals surface area contributed by atoms with E-state index in [4.69, 9.17) is 9.72 Å². The Bertz CT molecular complexity index is 1560. The van der Waals surface area contributed by atoms with Gasteiger partial charge in [-0.1, -0.05) is 0 Å². The van der Waals surface area contributed by atoms with Crippen LogP contribution in [0.4, 0.5) is 5.82 Å². The number of nitrogens with one attached hydrogen (secondary N) is 2. The van der Waals surface area contributed by atoms with Crippen LogP contribution in [0.2, 0.25) is 0 Å². The van der Waals surface area contributed by atoms with Gasteiger partial charge in [-0.2, -0.15) is 5.10 Å². The van der Waals surface area contributed by atoms with Crippen LogP contribution in [0.5, 0.6) is 5.75 Å². The van der Waals surface area contributed by atoms with Crippen molar-refractivity contribution in [2.75, 3.05) is 44.2 Å². The molecule has 0 aromatic carbocycles. The monoisotopic (exact) mass is 509 g/mol. The Balaban J connectivity index is 1.18. The van der Waals surface area contributed by atoms with Gasteiger partial charge in [-0.3, -0.25) is 20.0 Å². The molecule has 0 saturated carbocycles. The first-order chi connectivity index (χ1) is 18.8. The molecular formula is C28H31N9O. The molecule has 0 atom stereocenters. The lowest BCUT2D eigenvalue weighted by molar-refractivity contribution is 0.237. The van der Waals surface area contributed by atoms with Gasteiger partial charge in [-0.15, -0.1) is 0 Å². The van der Waals surface area contributed by atoms with Gasteiger partial charge >= 0.3 is 0 Å². The van der Waals surface area contributed by atoms with Crippen LogP contribution in [0.15, 0.2) is 43.0 Å². The quantitative estimate of drug-likeness (QED) is 0.332. The molecule has 2 aliphatic heterocycles. The second kappa shape index (κ2) is 10.0. The highest BCUT2D eigenvalue weighted by molar-refractivity contribution is 5.96. The van der Waals surface area contributed by atoms with Gasteiger partial charge in [-0.25, -0.2) is 9.97 Å². The van der Waals surface area contributed by atoms with Gasteiger partial charge in [-0.05, 0) is 63.4 Å². The number of anilines is 1. The Labute approximate surface area is 220 Å². The first kappa shape index (κ1) is 23.1. The third-order valence-electron chi connectivity index (χ3n) is 7.59. The molecule has 0 aliphatic carbocycles. The summed E-state index contributed by atoms with van der Waals surface area (Å²) >= 11 is 0. The zero-order valence-corrected chi connectivity index (χ0v) is 21.4. The normalized spacial score (nSPS) is 16.6. The summed E-state index contributed by atoms with van der Waals surface area (Å²) < 4.78 is 6.02. The average molecular weight is 510 g/mol. The molecule has 5 aromatic heterocycles. The zero-order chi connectivity index (χ0) is 25.3. The summed E-state index contributed by atoms with van der Waals surface area (Å²) in [7, 11) is 0. The molecule has 0 bridgehead atoms. The fraction of sp³-hybridized carbons (Fsp3) is 0.393. The van der Waals surface area contributed by atoms with Crippen molar-refractivity contribution in [1.82, 2.24) is 40.0 Å². The van der Waals surface area contributed by atoms with E-state index in [-0.39, 0.29) is 0 Å². The molecule has 7 rings (SSSR count). The van der Waals surface area contributed by atoms with Crippen molar-refractivity contribution in [2.45, 2.75) is 32.1 Å². The van der Waals surface area contributed by atoms with Crippen LogP contribution in [0.3, 0.4) is 0 Å². The number of hydrogen-bond acceptors (Lipinski definition) is 8. The molecule has 0 amide bonds. The predicted octanol–water partition coefficient (Wildman–Crippen LogP) is 4.42. The molecule has 7 heterocycles. The van der Waals surface area contributed by atoms with Crippen molar-refractivity contribution in [3.8, 4) is 28.5 Å². The Morgan fingerprint density at radius 1 is 0.895 bits per heavy atom. The molecule has 38 heavy (non-hydrogen) atoms. The molecule has 5 aromatic rings. The van der Waals surface area contributed by atoms with Crippen molar-refractivity contribution in [3.63, 3.8) is 0 Å². The molecule has 10 heteroatoms. The largest absolute Gasteiger partial charge is 0.491 e. The van der Waals surface area contributed by atoms with Gasteiger partial charge < -0.3 is 14.6 Å². The highest BCUT2D eigenvalue weighted by Gasteiger charge is 2.20. The molecule has 2 aliphatic rings. The predicted molar refractivity (Wildman–Crippen MR) is 147 cm³/mol. The van der Waals surface area contributed by atoms with Crippen LogP contribution >= 0.6 is 0 Å². The molecule has 2 saturated heterocycles. The maximum atomic E-state index is 6.02. The van der Waals surface area contributed by atoms with Crippen LogP contribution in [-0.4, -0.2) is 79.3 Å². The minimum Gasteiger partial charge on any atom is -0.491 e. The van der Waals surface area contributed by atoms with Crippen LogP contribution in [0, 0.1) is 0 Å². The molecule has 2 fully saturated rings. The highest BCUT2D eigenvalue weighted by Crippen LogP contribution is 2.32. The van der Waals surface area contributed by atoms with Gasteiger partial charge in [0.1, 0.15) is 23.6 Å². The number of fused-ring (bicyclic) bond motifs is 2. The van der Waals surface area contributed by atoms with Crippen molar-refractivity contribution >= 4 is 27.8 Å². The number of rotatable bonds is 7. The van der Waals surface area contributed by atoms with E-state index in [0.717, 1.165) is 70.1 Å². The van der Waals surface area contributed by atoms with Crippen LogP contribution in [-0.2, 0) is 0 Å². The molecule has 2 N–H and O–H groups in total. The minimum absolute atomic E-state index is 0.657. The fourth-order valence-corrected chi connectivity index (χ4v) is 5.56. The van der Waals surface area contributed by atoms with Gasteiger partial charge in [0.2, 0.25) is 0 Å². The maximum Gasteiger partial charge on any atom is 0.159 e. The number of hydrogen-bond donors (Lipinski definition) is 2. The standard InChI is InChI=1S/C28H31N9O/c1-2-10-37(11-3-1)28-26-22(6-7-30-28)32-27(33-26)25-21-15-23(31-18-24(21)34-35-25)19-14-20(17-29-16-19)38-13-12-36-8-4-5-9-36/h6-7,14-18H,1-5,8-13H2,(H,32,33)(H,34,35). The summed E-state index contributed by atoms with van der Waals surface area (Å²) in [6.07, 6.45) is 13.5. The molecule has 0 unspecified atom stereocenters. The zero-order valence-electron chi connectivity index (χ0n) is 21.4. The number of piperidine rings is 1. The van der Waals surface area contributed by atoms with Crippen LogP contribution in [0.25, 0.3) is 44.7 Å². The highest BCUT2D eigenvalue weighted by atomic mass is 16.5. The maximum absolute atomic E-state index is 6.02. The average Bonchev–Trinajstić information content (AvgIpc) is 3.73. The van der Waals surface area contributed by atoms with E-state index in [1.165, 1.54) is 45.2 Å². The second-order valence-electron chi connectivity index (χ2n) is 10.2. The number of ether oxygens (including phenoxy) is 1. The number of aromatic amines is 2. The lowest BCUT2D eigenvalue weighted by Crippen LogP contribution is -2.30. The molecule has 0 spiro atoms. The molecule has 194 valence electrons. The molecule has 0 radical (unpaired) electrons. The Morgan fingerprint density at radius 3 is 2.66 bits per heavy atom. The van der Waals surface area contributed by atoms with E-state index in [1.54, 1.807) is 6.20 Å². The van der Waals surface area contributed by atoms with E-state index in [2.05, 4.69) is 39.9 Å². The van der Waals surface area contributed by atoms with E-state index in [0.29, 0.717) is 12.4 Å². The first-order valence-electron chi connectivity index (χ1n) is 13.6. The van der Waals surface area contributed by atoms with E-state index < -0.39 is 0 Å². The topological polar surface area (TPSA) is 112 Å².